The van der Waals surface area contributed by atoms with Crippen molar-refractivity contribution >= 4 is 46.6 Å². The molecule has 42 heavy (non-hydrogen) atoms. The monoisotopic (exact) mass is 625 g/mol. The van der Waals surface area contributed by atoms with E-state index in [1.54, 1.807) is 11.6 Å². The van der Waals surface area contributed by atoms with Crippen LogP contribution in [0.3, 0.4) is 0 Å². The number of rotatable bonds is 7. The second-order valence-corrected chi connectivity index (χ2v) is 12.1. The van der Waals surface area contributed by atoms with Crippen molar-refractivity contribution in [1.29, 1.82) is 0 Å². The van der Waals surface area contributed by atoms with E-state index in [9.17, 15) is 23.9 Å². The molecule has 0 saturated carbocycles. The van der Waals surface area contributed by atoms with E-state index in [2.05, 4.69) is 15.3 Å². The van der Waals surface area contributed by atoms with Crippen LogP contribution in [0.15, 0.2) is 46.0 Å². The number of amidine groups is 1. The number of aliphatic imine (C=N–C) groups is 1. The molecule has 0 radical (unpaired) electrons. The number of benzene rings is 1. The number of nitrogens with zero attached hydrogens (tertiary/aromatic N) is 4. The molecule has 0 aliphatic carbocycles. The summed E-state index contributed by atoms with van der Waals surface area (Å²) >= 11 is 7.55. The standard InChI is InChI=1S/C27H27ClF3N5O5S/c1-26(2,25(39)40)24(38)35-9-14-17(11-35)36(12-27(14,30)31)10-16-18(23(37)41-3)20(13-5-4-6-15(29)19(13)28)34-21(33-16)22-32-7-8-42-22/h4-8,14,17,20H,9-12H2,1-3H3,(H,33,34)(H,39,40)/t14-,17+,20+/m1/s1. The number of amides is 1. The first-order valence-electron chi connectivity index (χ1n) is 12.9. The van der Waals surface area contributed by atoms with Crippen molar-refractivity contribution in [2.75, 3.05) is 33.3 Å². The van der Waals surface area contributed by atoms with Gasteiger partial charge in [0.15, 0.2) is 10.8 Å². The molecule has 224 valence electrons. The number of ether oxygens (including phenoxy) is 1. The molecule has 2 saturated heterocycles. The van der Waals surface area contributed by atoms with Crippen molar-refractivity contribution < 1.29 is 37.4 Å². The number of esters is 1. The molecule has 0 bridgehead atoms. The third kappa shape index (κ3) is 5.15. The average molecular weight is 626 g/mol. The zero-order valence-electron chi connectivity index (χ0n) is 22.7. The van der Waals surface area contributed by atoms with E-state index in [4.69, 9.17) is 16.3 Å². The summed E-state index contributed by atoms with van der Waals surface area (Å²) in [5, 5.41) is 14.4. The number of halogens is 4. The number of likely N-dealkylation sites (tertiary alicyclic amines) is 2. The molecular weight excluding hydrogens is 599 g/mol. The van der Waals surface area contributed by atoms with Gasteiger partial charge in [-0.3, -0.25) is 19.5 Å². The van der Waals surface area contributed by atoms with Gasteiger partial charge in [0.05, 0.1) is 30.2 Å². The molecular formula is C27H27ClF3N5O5S. The van der Waals surface area contributed by atoms with E-state index in [-0.39, 0.29) is 47.3 Å². The number of carbonyl (C=O) groups excluding carboxylic acids is 2. The highest BCUT2D eigenvalue weighted by molar-refractivity contribution is 7.11. The Morgan fingerprint density at radius 3 is 2.67 bits per heavy atom. The number of methoxy groups -OCH3 is 1. The van der Waals surface area contributed by atoms with Crippen molar-refractivity contribution in [3.05, 3.63) is 62.5 Å². The van der Waals surface area contributed by atoms with Gasteiger partial charge in [0.1, 0.15) is 17.3 Å². The van der Waals surface area contributed by atoms with Crippen LogP contribution in [0.2, 0.25) is 5.02 Å². The molecule has 1 aromatic heterocycles. The first-order valence-corrected chi connectivity index (χ1v) is 14.2. The number of carbonyl (C=O) groups is 3. The Labute approximate surface area is 247 Å². The minimum atomic E-state index is -3.20. The largest absolute Gasteiger partial charge is 0.480 e. The number of thiazole rings is 1. The lowest BCUT2D eigenvalue weighted by Crippen LogP contribution is -2.47. The zero-order chi connectivity index (χ0) is 30.6. The molecule has 15 heteroatoms. The first kappa shape index (κ1) is 30.0. The third-order valence-corrected chi connectivity index (χ3v) is 9.05. The van der Waals surface area contributed by atoms with Crippen LogP contribution in [0.25, 0.3) is 0 Å². The van der Waals surface area contributed by atoms with E-state index in [1.165, 1.54) is 42.2 Å². The second-order valence-electron chi connectivity index (χ2n) is 10.8. The fourth-order valence-electron chi connectivity index (χ4n) is 5.58. The number of aliphatic carboxylic acids is 1. The van der Waals surface area contributed by atoms with E-state index in [0.29, 0.717) is 5.01 Å². The molecule has 2 aromatic rings. The molecule has 5 rings (SSSR count). The summed E-state index contributed by atoms with van der Waals surface area (Å²) in [6.45, 7) is 1.16. The summed E-state index contributed by atoms with van der Waals surface area (Å²) in [5.41, 5.74) is -1.49. The van der Waals surface area contributed by atoms with Crippen LogP contribution in [-0.2, 0) is 19.1 Å². The van der Waals surface area contributed by atoms with Crippen LogP contribution >= 0.6 is 22.9 Å². The Balaban J connectivity index is 1.54. The fraction of sp³-hybridized carbons (Fsp3) is 0.444. The Morgan fingerprint density at radius 1 is 1.29 bits per heavy atom. The van der Waals surface area contributed by atoms with E-state index in [1.807, 2.05) is 0 Å². The van der Waals surface area contributed by atoms with Crippen LogP contribution in [0.1, 0.15) is 30.5 Å². The lowest BCUT2D eigenvalue weighted by Gasteiger charge is -2.32. The quantitative estimate of drug-likeness (QED) is 0.355. The van der Waals surface area contributed by atoms with Crippen LogP contribution in [0, 0.1) is 17.2 Å². The molecule has 0 unspecified atom stereocenters. The van der Waals surface area contributed by atoms with Gasteiger partial charge in [0.25, 0.3) is 5.92 Å². The second kappa shape index (κ2) is 11.0. The Hall–Kier alpha value is -3.49. The van der Waals surface area contributed by atoms with Gasteiger partial charge in [-0.1, -0.05) is 23.7 Å². The normalized spacial score (nSPS) is 23.8. The van der Waals surface area contributed by atoms with Crippen LogP contribution in [0.5, 0.6) is 0 Å². The summed E-state index contributed by atoms with van der Waals surface area (Å²) in [6.07, 6.45) is 1.54. The maximum absolute atomic E-state index is 15.3. The average Bonchev–Trinajstić information content (AvgIpc) is 3.68. The molecule has 2 fully saturated rings. The summed E-state index contributed by atoms with van der Waals surface area (Å²) in [4.78, 5) is 49.3. The molecule has 2 N–H and O–H groups in total. The summed E-state index contributed by atoms with van der Waals surface area (Å²) in [6, 6.07) is 2.11. The maximum Gasteiger partial charge on any atom is 0.338 e. The predicted octanol–water partition coefficient (Wildman–Crippen LogP) is 3.34. The van der Waals surface area contributed by atoms with Crippen molar-refractivity contribution in [3.63, 3.8) is 0 Å². The van der Waals surface area contributed by atoms with Crippen molar-refractivity contribution in [2.45, 2.75) is 31.9 Å². The van der Waals surface area contributed by atoms with Gasteiger partial charge in [0, 0.05) is 48.5 Å². The topological polar surface area (TPSA) is 124 Å². The third-order valence-electron chi connectivity index (χ3n) is 7.87. The van der Waals surface area contributed by atoms with Crippen LogP contribution in [-0.4, -0.2) is 88.8 Å². The maximum atomic E-state index is 15.3. The van der Waals surface area contributed by atoms with Crippen molar-refractivity contribution in [1.82, 2.24) is 20.1 Å². The fourth-order valence-corrected chi connectivity index (χ4v) is 6.40. The number of fused-ring (bicyclic) bond motifs is 1. The SMILES string of the molecule is COC(=O)C1=C(CN2CC(F)(F)[C@@H]3CN(C(=O)C(C)(C)C(=O)O)C[C@@H]32)NC(c2nccs2)=N[C@H]1c1cccc(F)c1Cl. The Bertz CT molecular complexity index is 1500. The summed E-state index contributed by atoms with van der Waals surface area (Å²) in [5.74, 6) is -7.90. The van der Waals surface area contributed by atoms with Crippen molar-refractivity contribution in [2.24, 2.45) is 16.3 Å². The van der Waals surface area contributed by atoms with Crippen molar-refractivity contribution in [3.8, 4) is 0 Å². The zero-order valence-corrected chi connectivity index (χ0v) is 24.3. The lowest BCUT2D eigenvalue weighted by atomic mass is 9.92. The van der Waals surface area contributed by atoms with Gasteiger partial charge in [-0.2, -0.15) is 0 Å². The minimum absolute atomic E-state index is 0.0463. The van der Waals surface area contributed by atoms with Gasteiger partial charge in [-0.15, -0.1) is 11.3 Å². The highest BCUT2D eigenvalue weighted by atomic mass is 35.5. The predicted molar refractivity (Wildman–Crippen MR) is 147 cm³/mol. The van der Waals surface area contributed by atoms with E-state index >= 15 is 8.78 Å². The number of nitrogens with one attached hydrogen (secondary N) is 1. The molecule has 1 amide bonds. The van der Waals surface area contributed by atoms with Gasteiger partial charge in [0.2, 0.25) is 5.91 Å². The van der Waals surface area contributed by atoms with E-state index < -0.39 is 59.5 Å². The van der Waals surface area contributed by atoms with Gasteiger partial charge >= 0.3 is 11.9 Å². The molecule has 4 heterocycles. The molecule has 3 aliphatic rings. The van der Waals surface area contributed by atoms with Crippen LogP contribution in [0.4, 0.5) is 13.2 Å². The smallest absolute Gasteiger partial charge is 0.338 e. The molecule has 10 nitrogen and oxygen atoms in total. The van der Waals surface area contributed by atoms with E-state index in [0.717, 1.165) is 18.1 Å². The minimum Gasteiger partial charge on any atom is -0.480 e. The number of aromatic nitrogens is 1. The molecule has 3 aliphatic heterocycles. The summed E-state index contributed by atoms with van der Waals surface area (Å²) in [7, 11) is 1.15. The Kier molecular flexibility index (Phi) is 7.83. The molecule has 0 spiro atoms. The van der Waals surface area contributed by atoms with Gasteiger partial charge in [-0.05, 0) is 19.9 Å². The molecule has 3 atom stereocenters. The summed E-state index contributed by atoms with van der Waals surface area (Å²) < 4.78 is 50.2. The number of alkyl halides is 2. The van der Waals surface area contributed by atoms with Gasteiger partial charge < -0.3 is 20.1 Å². The Morgan fingerprint density at radius 2 is 2.02 bits per heavy atom. The number of hydrogen-bond donors (Lipinski definition) is 2. The molecule has 1 aromatic carbocycles. The number of carboxylic acid groups (broad SMARTS) is 1. The van der Waals surface area contributed by atoms with Gasteiger partial charge in [-0.25, -0.2) is 22.9 Å². The van der Waals surface area contributed by atoms with Crippen LogP contribution < -0.4 is 5.32 Å². The highest BCUT2D eigenvalue weighted by Gasteiger charge is 2.60. The number of carboxylic acids is 1. The number of hydrogen-bond acceptors (Lipinski definition) is 9. The highest BCUT2D eigenvalue weighted by Crippen LogP contribution is 2.44. The first-order chi connectivity index (χ1) is 19.8. The lowest BCUT2D eigenvalue weighted by molar-refractivity contribution is -0.158.